The molecule has 1 aromatic carbocycles. The van der Waals surface area contributed by atoms with Gasteiger partial charge in [0, 0.05) is 44.4 Å². The summed E-state index contributed by atoms with van der Waals surface area (Å²) in [5, 5.41) is 7.55. The molecule has 1 atom stereocenters. The molecule has 0 fully saturated rings. The lowest BCUT2D eigenvalue weighted by Gasteiger charge is -2.24. The van der Waals surface area contributed by atoms with Crippen LogP contribution in [0.1, 0.15) is 24.8 Å². The van der Waals surface area contributed by atoms with Crippen LogP contribution in [0.5, 0.6) is 0 Å². The first kappa shape index (κ1) is 14.7. The highest BCUT2D eigenvalue weighted by atomic mass is 16.1. The van der Waals surface area contributed by atoms with Crippen molar-refractivity contribution in [1.29, 1.82) is 0 Å². The van der Waals surface area contributed by atoms with Crippen LogP contribution in [0.15, 0.2) is 54.9 Å². The Balaban J connectivity index is 1.51. The summed E-state index contributed by atoms with van der Waals surface area (Å²) in [4.78, 5) is 12.1. The summed E-state index contributed by atoms with van der Waals surface area (Å²) in [5.41, 5.74) is 2.60. The topological polar surface area (TPSA) is 46.9 Å². The molecule has 114 valence electrons. The van der Waals surface area contributed by atoms with E-state index < -0.39 is 0 Å². The summed E-state index contributed by atoms with van der Waals surface area (Å²) >= 11 is 0. The zero-order chi connectivity index (χ0) is 15.2. The Morgan fingerprint density at radius 1 is 1.27 bits per heavy atom. The van der Waals surface area contributed by atoms with E-state index in [0.29, 0.717) is 25.2 Å². The molecule has 0 radical (unpaired) electrons. The second kappa shape index (κ2) is 7.18. The third-order valence-corrected chi connectivity index (χ3v) is 4.02. The van der Waals surface area contributed by atoms with E-state index in [1.54, 1.807) is 6.20 Å². The minimum absolute atomic E-state index is 0.241. The summed E-state index contributed by atoms with van der Waals surface area (Å²) in [5.74, 6) is 0.294. The maximum absolute atomic E-state index is 12.1. The van der Waals surface area contributed by atoms with Crippen molar-refractivity contribution in [3.05, 3.63) is 60.4 Å². The van der Waals surface area contributed by atoms with Gasteiger partial charge in [0.15, 0.2) is 0 Å². The van der Waals surface area contributed by atoms with Crippen molar-refractivity contribution in [2.45, 2.75) is 31.8 Å². The maximum Gasteiger partial charge on any atom is 0.136 e. The molecule has 0 amide bonds. The van der Waals surface area contributed by atoms with Crippen molar-refractivity contribution in [3.63, 3.8) is 0 Å². The Morgan fingerprint density at radius 2 is 2.14 bits per heavy atom. The number of benzene rings is 1. The largest absolute Gasteiger partial charge is 0.310 e. The Kier molecular flexibility index (Phi) is 4.81. The van der Waals surface area contributed by atoms with Crippen LogP contribution >= 0.6 is 0 Å². The van der Waals surface area contributed by atoms with Gasteiger partial charge in [-0.3, -0.25) is 9.48 Å². The van der Waals surface area contributed by atoms with Crippen LogP contribution in [0, 0.1) is 0 Å². The molecule has 1 N–H and O–H groups in total. The molecule has 4 heteroatoms. The van der Waals surface area contributed by atoms with Crippen molar-refractivity contribution < 1.29 is 4.79 Å². The number of carbonyl (C=O) groups excluding carboxylic acids is 1. The van der Waals surface area contributed by atoms with Crippen LogP contribution in [-0.4, -0.2) is 28.2 Å². The number of carbonyl (C=O) groups is 1. The average molecular weight is 295 g/mol. The number of nitrogens with zero attached hydrogens (tertiary/aromatic N) is 2. The molecular formula is C18H21N3O. The van der Waals surface area contributed by atoms with E-state index in [9.17, 15) is 4.79 Å². The number of hydrogen-bond donors (Lipinski definition) is 1. The van der Waals surface area contributed by atoms with Crippen molar-refractivity contribution >= 4 is 11.4 Å². The highest BCUT2D eigenvalue weighted by Gasteiger charge is 2.18. The Labute approximate surface area is 130 Å². The predicted octanol–water partition coefficient (Wildman–Crippen LogP) is 2.68. The molecular weight excluding hydrogens is 274 g/mol. The van der Waals surface area contributed by atoms with Crippen LogP contribution in [0.25, 0.3) is 5.57 Å². The summed E-state index contributed by atoms with van der Waals surface area (Å²) in [6, 6.07) is 12.5. The number of ketones is 1. The monoisotopic (exact) mass is 295 g/mol. The van der Waals surface area contributed by atoms with Gasteiger partial charge in [0.05, 0.1) is 0 Å². The number of aromatic nitrogens is 2. The number of aryl methyl sites for hydroxylation is 1. The fraction of sp³-hybridized carbons (Fsp3) is 0.333. The van der Waals surface area contributed by atoms with Gasteiger partial charge in [-0.15, -0.1) is 0 Å². The van der Waals surface area contributed by atoms with Gasteiger partial charge in [0.25, 0.3) is 0 Å². The van der Waals surface area contributed by atoms with Gasteiger partial charge in [-0.1, -0.05) is 36.4 Å². The molecule has 0 saturated heterocycles. The lowest BCUT2D eigenvalue weighted by Crippen LogP contribution is -2.35. The Bertz CT molecular complexity index is 632. The SMILES string of the molecule is O=C(CCn1cccn1)CC1CC(c2ccccc2)=CCN1. The van der Waals surface area contributed by atoms with Crippen LogP contribution in [0.4, 0.5) is 0 Å². The van der Waals surface area contributed by atoms with E-state index >= 15 is 0 Å². The first-order valence-electron chi connectivity index (χ1n) is 7.78. The smallest absolute Gasteiger partial charge is 0.136 e. The first-order chi connectivity index (χ1) is 10.8. The second-order valence-electron chi connectivity index (χ2n) is 5.67. The van der Waals surface area contributed by atoms with Gasteiger partial charge >= 0.3 is 0 Å². The summed E-state index contributed by atoms with van der Waals surface area (Å²) in [6.45, 7) is 1.50. The zero-order valence-corrected chi connectivity index (χ0v) is 12.6. The minimum atomic E-state index is 0.241. The third kappa shape index (κ3) is 3.92. The molecule has 2 heterocycles. The molecule has 0 bridgehead atoms. The number of nitrogens with one attached hydrogen (secondary N) is 1. The van der Waals surface area contributed by atoms with E-state index in [1.165, 1.54) is 11.1 Å². The normalized spacial score (nSPS) is 18.0. The molecule has 1 aromatic heterocycles. The molecule has 3 rings (SSSR count). The zero-order valence-electron chi connectivity index (χ0n) is 12.6. The number of rotatable bonds is 6. The first-order valence-corrected chi connectivity index (χ1v) is 7.78. The molecule has 1 aliphatic heterocycles. The van der Waals surface area contributed by atoms with E-state index in [4.69, 9.17) is 0 Å². The van der Waals surface area contributed by atoms with E-state index in [-0.39, 0.29) is 6.04 Å². The van der Waals surface area contributed by atoms with Crippen molar-refractivity contribution in [3.8, 4) is 0 Å². The van der Waals surface area contributed by atoms with Gasteiger partial charge in [0.2, 0.25) is 0 Å². The molecule has 1 unspecified atom stereocenters. The average Bonchev–Trinajstić information content (AvgIpc) is 3.08. The number of Topliss-reactive ketones (excluding diaryl/α,β-unsaturated/α-hetero) is 1. The molecule has 4 nitrogen and oxygen atoms in total. The lowest BCUT2D eigenvalue weighted by atomic mass is 9.92. The van der Waals surface area contributed by atoms with Crippen molar-refractivity contribution in [2.24, 2.45) is 0 Å². The Hall–Kier alpha value is -2.20. The summed E-state index contributed by atoms with van der Waals surface area (Å²) in [6.07, 6.45) is 7.90. The molecule has 1 aliphatic rings. The number of hydrogen-bond acceptors (Lipinski definition) is 3. The highest BCUT2D eigenvalue weighted by molar-refractivity contribution is 5.79. The van der Waals surface area contributed by atoms with Gasteiger partial charge < -0.3 is 5.32 Å². The standard InChI is InChI=1S/C18H21N3O/c22-18(8-12-21-11-4-9-20-21)14-17-13-16(7-10-19-17)15-5-2-1-3-6-15/h1-7,9,11,17,19H,8,10,12-14H2. The van der Waals surface area contributed by atoms with E-state index in [1.807, 2.05) is 23.0 Å². The van der Waals surface area contributed by atoms with Gasteiger partial charge in [-0.2, -0.15) is 5.10 Å². The summed E-state index contributed by atoms with van der Waals surface area (Å²) < 4.78 is 1.81. The van der Waals surface area contributed by atoms with Crippen LogP contribution in [-0.2, 0) is 11.3 Å². The molecule has 22 heavy (non-hydrogen) atoms. The fourth-order valence-corrected chi connectivity index (χ4v) is 2.85. The van der Waals surface area contributed by atoms with Crippen LogP contribution in [0.2, 0.25) is 0 Å². The molecule has 2 aromatic rings. The maximum atomic E-state index is 12.1. The van der Waals surface area contributed by atoms with Gasteiger partial charge in [-0.25, -0.2) is 0 Å². The molecule has 0 aliphatic carbocycles. The Morgan fingerprint density at radius 3 is 2.91 bits per heavy atom. The van der Waals surface area contributed by atoms with Crippen LogP contribution in [0.3, 0.4) is 0 Å². The second-order valence-corrected chi connectivity index (χ2v) is 5.67. The van der Waals surface area contributed by atoms with E-state index in [2.05, 4.69) is 40.8 Å². The lowest BCUT2D eigenvalue weighted by molar-refractivity contribution is -0.119. The predicted molar refractivity (Wildman–Crippen MR) is 87.3 cm³/mol. The van der Waals surface area contributed by atoms with Crippen LogP contribution < -0.4 is 5.32 Å². The quantitative estimate of drug-likeness (QED) is 0.891. The van der Waals surface area contributed by atoms with Gasteiger partial charge in [0.1, 0.15) is 5.78 Å². The minimum Gasteiger partial charge on any atom is -0.310 e. The fourth-order valence-electron chi connectivity index (χ4n) is 2.85. The van der Waals surface area contributed by atoms with Gasteiger partial charge in [-0.05, 0) is 23.6 Å². The van der Waals surface area contributed by atoms with Crippen molar-refractivity contribution in [2.75, 3.05) is 6.54 Å². The third-order valence-electron chi connectivity index (χ3n) is 4.02. The highest BCUT2D eigenvalue weighted by Crippen LogP contribution is 2.23. The van der Waals surface area contributed by atoms with Crippen molar-refractivity contribution in [1.82, 2.24) is 15.1 Å². The molecule has 0 spiro atoms. The summed E-state index contributed by atoms with van der Waals surface area (Å²) in [7, 11) is 0. The van der Waals surface area contributed by atoms with E-state index in [0.717, 1.165) is 13.0 Å². The molecule has 0 saturated carbocycles.